The Morgan fingerprint density at radius 3 is 2.64 bits per heavy atom. The minimum atomic E-state index is -3.57. The molecule has 4 rings (SSSR count). The molecular formula is C22H25ClN2O2S. The number of halogens is 1. The maximum absolute atomic E-state index is 12.8. The number of anilines is 1. The van der Waals surface area contributed by atoms with E-state index >= 15 is 0 Å². The number of sulfonamides is 1. The third kappa shape index (κ3) is 3.71. The third-order valence-electron chi connectivity index (χ3n) is 5.29. The fraction of sp³-hybridized carbons (Fsp3) is 0.364. The molecule has 1 heterocycles. The molecule has 0 spiro atoms. The van der Waals surface area contributed by atoms with Crippen molar-refractivity contribution >= 4 is 27.3 Å². The zero-order valence-corrected chi connectivity index (χ0v) is 17.8. The van der Waals surface area contributed by atoms with Crippen molar-refractivity contribution in [2.45, 2.75) is 49.6 Å². The molecule has 0 saturated heterocycles. The van der Waals surface area contributed by atoms with E-state index in [0.29, 0.717) is 10.8 Å². The predicted molar refractivity (Wildman–Crippen MR) is 114 cm³/mol. The molecule has 0 saturated carbocycles. The molecule has 148 valence electrons. The lowest BCUT2D eigenvalue weighted by atomic mass is 9.77. The summed E-state index contributed by atoms with van der Waals surface area (Å²) >= 11 is 6.21. The molecule has 0 amide bonds. The van der Waals surface area contributed by atoms with Gasteiger partial charge in [0, 0.05) is 22.2 Å². The van der Waals surface area contributed by atoms with Crippen LogP contribution in [0, 0.1) is 5.92 Å². The largest absolute Gasteiger partial charge is 0.378 e. The van der Waals surface area contributed by atoms with Gasteiger partial charge in [-0.05, 0) is 74.6 Å². The first-order valence-electron chi connectivity index (χ1n) is 9.51. The van der Waals surface area contributed by atoms with E-state index in [9.17, 15) is 8.42 Å². The molecule has 3 atom stereocenters. The van der Waals surface area contributed by atoms with Crippen LogP contribution < -0.4 is 10.0 Å². The van der Waals surface area contributed by atoms with Crippen LogP contribution >= 0.6 is 11.6 Å². The molecule has 3 unspecified atom stereocenters. The van der Waals surface area contributed by atoms with Gasteiger partial charge in [0.2, 0.25) is 10.0 Å². The van der Waals surface area contributed by atoms with Crippen molar-refractivity contribution in [2.24, 2.45) is 5.92 Å². The number of allylic oxidation sites excluding steroid dienone is 2. The highest BCUT2D eigenvalue weighted by atomic mass is 35.5. The van der Waals surface area contributed by atoms with Gasteiger partial charge in [0.15, 0.2) is 0 Å². The van der Waals surface area contributed by atoms with E-state index in [1.807, 2.05) is 51.1 Å². The number of hydrogen-bond donors (Lipinski definition) is 2. The highest BCUT2D eigenvalue weighted by molar-refractivity contribution is 7.89. The molecule has 2 aliphatic rings. The van der Waals surface area contributed by atoms with Crippen LogP contribution in [0.3, 0.4) is 0 Å². The summed E-state index contributed by atoms with van der Waals surface area (Å²) < 4.78 is 28.3. The van der Waals surface area contributed by atoms with E-state index in [1.54, 1.807) is 6.07 Å². The van der Waals surface area contributed by atoms with Crippen molar-refractivity contribution in [3.8, 4) is 0 Å². The number of hydrogen-bond acceptors (Lipinski definition) is 3. The van der Waals surface area contributed by atoms with E-state index in [1.165, 1.54) is 0 Å². The molecule has 1 aliphatic heterocycles. The smallest absolute Gasteiger partial charge is 0.241 e. The maximum atomic E-state index is 12.8. The SMILES string of the molecule is CC(C)(C)NS(=O)(=O)c1ccc2c(c1)C1C=CCC1C(c1cccc(Cl)c1)N2. The van der Waals surface area contributed by atoms with E-state index in [0.717, 1.165) is 28.3 Å². The first-order valence-corrected chi connectivity index (χ1v) is 11.4. The van der Waals surface area contributed by atoms with Gasteiger partial charge < -0.3 is 5.32 Å². The number of rotatable bonds is 3. The number of benzene rings is 2. The molecule has 2 aromatic rings. The maximum Gasteiger partial charge on any atom is 0.241 e. The lowest BCUT2D eigenvalue weighted by Crippen LogP contribution is -2.40. The Morgan fingerprint density at radius 1 is 1.14 bits per heavy atom. The Bertz CT molecular complexity index is 1040. The molecule has 2 aromatic carbocycles. The van der Waals surface area contributed by atoms with Crippen LogP contribution in [0.2, 0.25) is 5.02 Å². The van der Waals surface area contributed by atoms with Gasteiger partial charge in [0.1, 0.15) is 0 Å². The molecule has 4 nitrogen and oxygen atoms in total. The second-order valence-corrected chi connectivity index (χ2v) is 10.8. The first kappa shape index (κ1) is 19.5. The Balaban J connectivity index is 1.73. The van der Waals surface area contributed by atoms with Crippen LogP contribution in [0.1, 0.15) is 50.3 Å². The summed E-state index contributed by atoms with van der Waals surface area (Å²) in [7, 11) is -3.57. The molecule has 2 N–H and O–H groups in total. The average Bonchev–Trinajstić information content (AvgIpc) is 3.08. The fourth-order valence-corrected chi connectivity index (χ4v) is 5.88. The van der Waals surface area contributed by atoms with Crippen LogP contribution in [0.25, 0.3) is 0 Å². The summed E-state index contributed by atoms with van der Waals surface area (Å²) in [6.45, 7) is 5.53. The minimum absolute atomic E-state index is 0.140. The summed E-state index contributed by atoms with van der Waals surface area (Å²) in [6, 6.07) is 13.5. The fourth-order valence-electron chi connectivity index (χ4n) is 4.23. The number of nitrogens with one attached hydrogen (secondary N) is 2. The van der Waals surface area contributed by atoms with Crippen molar-refractivity contribution in [1.29, 1.82) is 0 Å². The zero-order chi connectivity index (χ0) is 20.1. The standard InChI is InChI=1S/C22H25ClN2O2S/c1-22(2,3)25-28(26,27)16-10-11-20-19(13-16)17-8-5-9-18(17)21(24-20)14-6-4-7-15(23)12-14/h4-8,10-13,17-18,21,24-25H,9H2,1-3H3. The van der Waals surface area contributed by atoms with Gasteiger partial charge >= 0.3 is 0 Å². The van der Waals surface area contributed by atoms with E-state index < -0.39 is 15.6 Å². The Morgan fingerprint density at radius 2 is 1.93 bits per heavy atom. The van der Waals surface area contributed by atoms with Gasteiger partial charge in [-0.15, -0.1) is 0 Å². The lowest BCUT2D eigenvalue weighted by Gasteiger charge is -2.38. The number of fused-ring (bicyclic) bond motifs is 3. The summed E-state index contributed by atoms with van der Waals surface area (Å²) in [6.07, 6.45) is 5.35. The first-order chi connectivity index (χ1) is 13.1. The predicted octanol–water partition coefficient (Wildman–Crippen LogP) is 5.24. The van der Waals surface area contributed by atoms with Gasteiger partial charge in [-0.3, -0.25) is 0 Å². The summed E-state index contributed by atoms with van der Waals surface area (Å²) in [5.41, 5.74) is 2.64. The van der Waals surface area contributed by atoms with Crippen molar-refractivity contribution in [3.63, 3.8) is 0 Å². The van der Waals surface area contributed by atoms with Crippen molar-refractivity contribution in [2.75, 3.05) is 5.32 Å². The van der Waals surface area contributed by atoms with Crippen LogP contribution in [0.15, 0.2) is 59.5 Å². The van der Waals surface area contributed by atoms with E-state index in [-0.39, 0.29) is 12.0 Å². The normalized spacial score (nSPS) is 23.8. The average molecular weight is 417 g/mol. The monoisotopic (exact) mass is 416 g/mol. The van der Waals surface area contributed by atoms with Crippen LogP contribution in [0.5, 0.6) is 0 Å². The van der Waals surface area contributed by atoms with Gasteiger partial charge in [-0.2, -0.15) is 0 Å². The molecule has 28 heavy (non-hydrogen) atoms. The molecule has 0 aromatic heterocycles. The van der Waals surface area contributed by atoms with Gasteiger partial charge in [-0.25, -0.2) is 13.1 Å². The van der Waals surface area contributed by atoms with Crippen molar-refractivity contribution < 1.29 is 8.42 Å². The van der Waals surface area contributed by atoms with Gasteiger partial charge in [-0.1, -0.05) is 35.9 Å². The van der Waals surface area contributed by atoms with Crippen molar-refractivity contribution in [1.82, 2.24) is 4.72 Å². The van der Waals surface area contributed by atoms with Gasteiger partial charge in [0.05, 0.1) is 10.9 Å². The van der Waals surface area contributed by atoms with Gasteiger partial charge in [0.25, 0.3) is 0 Å². The molecule has 0 bridgehead atoms. The Hall–Kier alpha value is -1.82. The van der Waals surface area contributed by atoms with E-state index in [4.69, 9.17) is 11.6 Å². The Kier molecular flexibility index (Phi) is 4.81. The summed E-state index contributed by atoms with van der Waals surface area (Å²) in [4.78, 5) is 0.309. The summed E-state index contributed by atoms with van der Waals surface area (Å²) in [5, 5.41) is 4.35. The minimum Gasteiger partial charge on any atom is -0.378 e. The molecule has 0 radical (unpaired) electrons. The Labute approximate surface area is 172 Å². The second kappa shape index (κ2) is 6.90. The van der Waals surface area contributed by atoms with E-state index in [2.05, 4.69) is 28.3 Å². The zero-order valence-electron chi connectivity index (χ0n) is 16.2. The second-order valence-electron chi connectivity index (χ2n) is 8.64. The molecular weight excluding hydrogens is 392 g/mol. The van der Waals surface area contributed by atoms with Crippen molar-refractivity contribution in [3.05, 3.63) is 70.8 Å². The quantitative estimate of drug-likeness (QED) is 0.672. The highest BCUT2D eigenvalue weighted by Crippen LogP contribution is 2.50. The highest BCUT2D eigenvalue weighted by Gasteiger charge is 2.38. The molecule has 1 aliphatic carbocycles. The van der Waals surface area contributed by atoms with Crippen LogP contribution in [-0.2, 0) is 10.0 Å². The molecule has 6 heteroatoms. The third-order valence-corrected chi connectivity index (χ3v) is 7.28. The molecule has 0 fully saturated rings. The lowest BCUT2D eigenvalue weighted by molar-refractivity contribution is 0.425. The van der Waals surface area contributed by atoms with Crippen LogP contribution in [-0.4, -0.2) is 14.0 Å². The topological polar surface area (TPSA) is 58.2 Å². The summed E-state index contributed by atoms with van der Waals surface area (Å²) in [5.74, 6) is 0.518. The van der Waals surface area contributed by atoms with Crippen LogP contribution in [0.4, 0.5) is 5.69 Å².